The summed E-state index contributed by atoms with van der Waals surface area (Å²) in [5.41, 5.74) is 3.74. The van der Waals surface area contributed by atoms with E-state index in [1.165, 1.54) is 0 Å². The molecule has 108 valence electrons. The van der Waals surface area contributed by atoms with E-state index < -0.39 is 0 Å². The molecular formula is C17H17NO3. The van der Waals surface area contributed by atoms with E-state index in [4.69, 9.17) is 9.47 Å². The first kappa shape index (κ1) is 13.6. The number of hydrogen-bond acceptors (Lipinski definition) is 3. The van der Waals surface area contributed by atoms with E-state index in [9.17, 15) is 4.79 Å². The minimum absolute atomic E-state index is 0.0170. The molecule has 1 heterocycles. The average molecular weight is 283 g/mol. The summed E-state index contributed by atoms with van der Waals surface area (Å²) in [6.07, 6.45) is 0. The molecule has 0 aliphatic carbocycles. The van der Waals surface area contributed by atoms with Gasteiger partial charge in [-0.15, -0.1) is 0 Å². The Morgan fingerprint density at radius 2 is 1.86 bits per heavy atom. The minimum Gasteiger partial charge on any atom is -0.497 e. The first-order valence-corrected chi connectivity index (χ1v) is 6.79. The summed E-state index contributed by atoms with van der Waals surface area (Å²) < 4.78 is 10.3. The molecule has 0 unspecified atom stereocenters. The van der Waals surface area contributed by atoms with E-state index in [-0.39, 0.29) is 5.91 Å². The van der Waals surface area contributed by atoms with Gasteiger partial charge in [0.15, 0.2) is 0 Å². The Hall–Kier alpha value is -2.33. The van der Waals surface area contributed by atoms with Crippen molar-refractivity contribution in [3.05, 3.63) is 59.2 Å². The van der Waals surface area contributed by atoms with E-state index in [1.807, 2.05) is 36.4 Å². The molecular weight excluding hydrogens is 266 g/mol. The molecule has 1 aliphatic rings. The Labute approximate surface area is 123 Å². The number of rotatable bonds is 4. The van der Waals surface area contributed by atoms with Crippen LogP contribution in [0.3, 0.4) is 0 Å². The van der Waals surface area contributed by atoms with Crippen molar-refractivity contribution in [3.8, 4) is 5.75 Å². The Morgan fingerprint density at radius 3 is 2.52 bits per heavy atom. The van der Waals surface area contributed by atoms with Crippen LogP contribution in [0.4, 0.5) is 5.69 Å². The van der Waals surface area contributed by atoms with Crippen LogP contribution < -0.4 is 9.64 Å². The third kappa shape index (κ3) is 2.50. The van der Waals surface area contributed by atoms with Crippen LogP contribution in [0.1, 0.15) is 21.5 Å². The van der Waals surface area contributed by atoms with Crippen molar-refractivity contribution in [1.82, 2.24) is 0 Å². The van der Waals surface area contributed by atoms with Crippen molar-refractivity contribution in [1.29, 1.82) is 0 Å². The minimum atomic E-state index is 0.0170. The van der Waals surface area contributed by atoms with Crippen LogP contribution >= 0.6 is 0 Å². The van der Waals surface area contributed by atoms with Crippen LogP contribution in [-0.2, 0) is 17.9 Å². The Bertz CT molecular complexity index is 664. The third-order valence-corrected chi connectivity index (χ3v) is 3.68. The molecule has 0 N–H and O–H groups in total. The lowest BCUT2D eigenvalue weighted by Gasteiger charge is -2.16. The van der Waals surface area contributed by atoms with Gasteiger partial charge in [-0.3, -0.25) is 4.79 Å². The number of nitrogens with zero attached hydrogens (tertiary/aromatic N) is 1. The summed E-state index contributed by atoms with van der Waals surface area (Å²) in [4.78, 5) is 14.3. The van der Waals surface area contributed by atoms with Crippen molar-refractivity contribution in [2.24, 2.45) is 0 Å². The van der Waals surface area contributed by atoms with Gasteiger partial charge in [-0.2, -0.15) is 0 Å². The number of methoxy groups -OCH3 is 2. The van der Waals surface area contributed by atoms with E-state index in [0.717, 1.165) is 22.4 Å². The molecule has 2 aromatic carbocycles. The number of anilines is 1. The zero-order valence-electron chi connectivity index (χ0n) is 12.1. The van der Waals surface area contributed by atoms with Gasteiger partial charge in [-0.25, -0.2) is 0 Å². The SMILES string of the molecule is COCc1ccc(N2Cc3ccc(OC)cc3C2=O)cc1. The summed E-state index contributed by atoms with van der Waals surface area (Å²) in [6, 6.07) is 13.5. The van der Waals surface area contributed by atoms with Crippen LogP contribution in [0.2, 0.25) is 0 Å². The maximum Gasteiger partial charge on any atom is 0.259 e. The number of amides is 1. The van der Waals surface area contributed by atoms with Crippen LogP contribution in [0.15, 0.2) is 42.5 Å². The Balaban J connectivity index is 1.87. The summed E-state index contributed by atoms with van der Waals surface area (Å²) in [5, 5.41) is 0. The molecule has 0 fully saturated rings. The molecule has 0 bridgehead atoms. The predicted molar refractivity (Wildman–Crippen MR) is 80.7 cm³/mol. The van der Waals surface area contributed by atoms with Gasteiger partial charge in [0, 0.05) is 18.4 Å². The molecule has 1 amide bonds. The highest BCUT2D eigenvalue weighted by atomic mass is 16.5. The fourth-order valence-electron chi connectivity index (χ4n) is 2.55. The van der Waals surface area contributed by atoms with Crippen LogP contribution in [0.25, 0.3) is 0 Å². The topological polar surface area (TPSA) is 38.8 Å². The molecule has 2 aromatic rings. The van der Waals surface area contributed by atoms with Crippen LogP contribution in [-0.4, -0.2) is 20.1 Å². The number of hydrogen-bond donors (Lipinski definition) is 0. The summed E-state index contributed by atoms with van der Waals surface area (Å²) in [7, 11) is 3.27. The fraction of sp³-hybridized carbons (Fsp3) is 0.235. The lowest BCUT2D eigenvalue weighted by Crippen LogP contribution is -2.22. The van der Waals surface area contributed by atoms with Gasteiger partial charge in [0.05, 0.1) is 20.3 Å². The highest BCUT2D eigenvalue weighted by molar-refractivity contribution is 6.10. The predicted octanol–water partition coefficient (Wildman–Crippen LogP) is 3.00. The largest absolute Gasteiger partial charge is 0.497 e. The van der Waals surface area contributed by atoms with Gasteiger partial charge >= 0.3 is 0 Å². The van der Waals surface area contributed by atoms with E-state index in [1.54, 1.807) is 25.2 Å². The highest BCUT2D eigenvalue weighted by Gasteiger charge is 2.28. The van der Waals surface area contributed by atoms with Crippen molar-refractivity contribution < 1.29 is 14.3 Å². The number of carbonyl (C=O) groups excluding carboxylic acids is 1. The molecule has 0 aromatic heterocycles. The molecule has 21 heavy (non-hydrogen) atoms. The van der Waals surface area contributed by atoms with Crippen molar-refractivity contribution in [2.75, 3.05) is 19.1 Å². The highest BCUT2D eigenvalue weighted by Crippen LogP contribution is 2.30. The van der Waals surface area contributed by atoms with E-state index in [2.05, 4.69) is 0 Å². The third-order valence-electron chi connectivity index (χ3n) is 3.68. The number of fused-ring (bicyclic) bond motifs is 1. The van der Waals surface area contributed by atoms with Crippen molar-refractivity contribution in [3.63, 3.8) is 0 Å². The first-order valence-electron chi connectivity index (χ1n) is 6.79. The normalized spacial score (nSPS) is 13.4. The van der Waals surface area contributed by atoms with Crippen molar-refractivity contribution in [2.45, 2.75) is 13.2 Å². The first-order chi connectivity index (χ1) is 10.2. The average Bonchev–Trinajstić information content (AvgIpc) is 2.85. The number of ether oxygens (including phenoxy) is 2. The smallest absolute Gasteiger partial charge is 0.259 e. The van der Waals surface area contributed by atoms with Gasteiger partial charge in [0.2, 0.25) is 0 Å². The zero-order valence-corrected chi connectivity index (χ0v) is 12.1. The molecule has 3 rings (SSSR count). The lowest BCUT2D eigenvalue weighted by atomic mass is 10.1. The molecule has 0 radical (unpaired) electrons. The number of benzene rings is 2. The summed E-state index contributed by atoms with van der Waals surface area (Å²) in [6.45, 7) is 1.17. The summed E-state index contributed by atoms with van der Waals surface area (Å²) >= 11 is 0. The Kier molecular flexibility index (Phi) is 3.62. The van der Waals surface area contributed by atoms with Gasteiger partial charge < -0.3 is 14.4 Å². The molecule has 0 atom stereocenters. The van der Waals surface area contributed by atoms with Gasteiger partial charge in [-0.05, 0) is 35.4 Å². The van der Waals surface area contributed by atoms with Crippen LogP contribution in [0.5, 0.6) is 5.75 Å². The second-order valence-electron chi connectivity index (χ2n) is 5.01. The van der Waals surface area contributed by atoms with E-state index in [0.29, 0.717) is 18.9 Å². The molecule has 0 spiro atoms. The van der Waals surface area contributed by atoms with Crippen LogP contribution in [0, 0.1) is 0 Å². The monoisotopic (exact) mass is 283 g/mol. The molecule has 0 saturated carbocycles. The second kappa shape index (κ2) is 5.58. The van der Waals surface area contributed by atoms with E-state index >= 15 is 0 Å². The van der Waals surface area contributed by atoms with Gasteiger partial charge in [0.1, 0.15) is 5.75 Å². The Morgan fingerprint density at radius 1 is 1.10 bits per heavy atom. The maximum atomic E-state index is 12.5. The lowest BCUT2D eigenvalue weighted by molar-refractivity contribution is 0.0996. The zero-order chi connectivity index (χ0) is 14.8. The van der Waals surface area contributed by atoms with Gasteiger partial charge in [0.25, 0.3) is 5.91 Å². The quantitative estimate of drug-likeness (QED) is 0.866. The maximum absolute atomic E-state index is 12.5. The molecule has 4 heteroatoms. The second-order valence-corrected chi connectivity index (χ2v) is 5.01. The fourth-order valence-corrected chi connectivity index (χ4v) is 2.55. The molecule has 4 nitrogen and oxygen atoms in total. The molecule has 1 aliphatic heterocycles. The molecule has 0 saturated heterocycles. The van der Waals surface area contributed by atoms with Crippen molar-refractivity contribution >= 4 is 11.6 Å². The van der Waals surface area contributed by atoms with Gasteiger partial charge in [-0.1, -0.05) is 18.2 Å². The number of carbonyl (C=O) groups is 1. The standard InChI is InChI=1S/C17H17NO3/c1-20-11-12-3-6-14(7-4-12)18-10-13-5-8-15(21-2)9-16(13)17(18)19/h3-9H,10-11H2,1-2H3. The summed E-state index contributed by atoms with van der Waals surface area (Å²) in [5.74, 6) is 0.725.